The Morgan fingerprint density at radius 2 is 0.772 bits per heavy atom. The second kappa shape index (κ2) is 25.5. The second-order valence-corrected chi connectivity index (χ2v) is 23.3. The third-order valence-electron chi connectivity index (χ3n) is 9.90. The maximum atomic E-state index is 13.9. The molecule has 0 saturated carbocycles. The summed E-state index contributed by atoms with van der Waals surface area (Å²) in [4.78, 5) is -1.22. The zero-order valence-electron chi connectivity index (χ0n) is 33.9. The van der Waals surface area contributed by atoms with Crippen LogP contribution in [0.3, 0.4) is 0 Å². The molecule has 11 nitrogen and oxygen atoms in total. The Balaban J connectivity index is 1.79. The molecule has 0 aliphatic carbocycles. The van der Waals surface area contributed by atoms with Crippen molar-refractivity contribution in [3.8, 4) is 0 Å². The first-order chi connectivity index (χ1) is 27.2. The van der Waals surface area contributed by atoms with Gasteiger partial charge >= 0.3 is 298 Å². The van der Waals surface area contributed by atoms with Crippen LogP contribution in [0.1, 0.15) is 153 Å². The van der Waals surface area contributed by atoms with E-state index in [1.54, 1.807) is 24.3 Å². The molecular weight excluding hydrogens is 823 g/mol. The van der Waals surface area contributed by atoms with Gasteiger partial charge in [0.25, 0.3) is 0 Å². The van der Waals surface area contributed by atoms with Crippen molar-refractivity contribution in [2.45, 2.75) is 170 Å². The third kappa shape index (κ3) is 17.9. The van der Waals surface area contributed by atoms with E-state index in [0.717, 1.165) is 63.5 Å². The van der Waals surface area contributed by atoms with Gasteiger partial charge in [-0.3, -0.25) is 0 Å². The van der Waals surface area contributed by atoms with Crippen LogP contribution < -0.4 is 5.73 Å². The van der Waals surface area contributed by atoms with Crippen LogP contribution in [0, 0.1) is 0 Å². The Morgan fingerprint density at radius 3 is 1.14 bits per heavy atom. The Hall–Kier alpha value is -2.14. The Morgan fingerprint density at radius 1 is 0.456 bits per heavy atom. The van der Waals surface area contributed by atoms with Crippen molar-refractivity contribution in [3.05, 3.63) is 83.9 Å². The van der Waals surface area contributed by atoms with Crippen molar-refractivity contribution in [2.24, 2.45) is 0 Å². The van der Waals surface area contributed by atoms with Gasteiger partial charge in [-0.05, 0) is 0 Å². The summed E-state index contributed by atoms with van der Waals surface area (Å²) in [7, 11) is -15.1. The third-order valence-corrected chi connectivity index (χ3v) is 20.0. The van der Waals surface area contributed by atoms with Crippen LogP contribution in [-0.2, 0) is 69.6 Å². The molecule has 57 heavy (non-hydrogen) atoms. The van der Waals surface area contributed by atoms with Gasteiger partial charge in [0.05, 0.1) is 0 Å². The number of nitrogens with two attached hydrogens (primary N) is 1. The number of benzene rings is 3. The summed E-state index contributed by atoms with van der Waals surface area (Å²) in [6.45, 7) is 4.39. The Labute approximate surface area is 348 Å². The smallest absolute Gasteiger partial charge is 0.0654 e. The molecule has 3 aromatic carbocycles. The molecule has 0 aliphatic rings. The predicted molar refractivity (Wildman–Crippen MR) is 222 cm³/mol. The fourth-order valence-electron chi connectivity index (χ4n) is 6.74. The molecule has 0 bridgehead atoms. The van der Waals surface area contributed by atoms with Gasteiger partial charge in [-0.25, -0.2) is 0 Å². The predicted octanol–water partition coefficient (Wildman–Crippen LogP) is 10.5. The number of rotatable bonds is 31. The first kappa shape index (κ1) is 49.2. The van der Waals surface area contributed by atoms with Crippen LogP contribution in [0.5, 0.6) is 0 Å². The van der Waals surface area contributed by atoms with Crippen LogP contribution in [0.2, 0.25) is 0 Å². The molecule has 0 unspecified atom stereocenters. The van der Waals surface area contributed by atoms with E-state index in [0.29, 0.717) is 36.8 Å². The fourth-order valence-corrected chi connectivity index (χ4v) is 16.5. The number of nitrogen functional groups attached to an aromatic ring is 1. The molecule has 15 heteroatoms. The number of aryl methyl sites for hydroxylation is 2. The molecule has 3 rings (SSSR count). The zero-order valence-corrected chi connectivity index (χ0v) is 37.9. The van der Waals surface area contributed by atoms with E-state index in [1.807, 2.05) is 0 Å². The van der Waals surface area contributed by atoms with E-state index in [-0.39, 0.29) is 15.5 Å². The number of hydrogen-bond donors (Lipinski definition) is 2. The van der Waals surface area contributed by atoms with E-state index >= 15 is 0 Å². The van der Waals surface area contributed by atoms with Crippen molar-refractivity contribution in [3.63, 3.8) is 0 Å². The summed E-state index contributed by atoms with van der Waals surface area (Å²) < 4.78 is 110. The first-order valence-electron chi connectivity index (χ1n) is 20.8. The van der Waals surface area contributed by atoms with Crippen molar-refractivity contribution in [1.82, 2.24) is 0 Å². The van der Waals surface area contributed by atoms with Gasteiger partial charge in [-0.1, -0.05) is 52.4 Å². The van der Waals surface area contributed by atoms with Crippen molar-refractivity contribution < 1.29 is 55.4 Å². The molecule has 0 aliphatic heterocycles. The molecule has 0 fully saturated rings. The van der Waals surface area contributed by atoms with Crippen molar-refractivity contribution in [1.29, 1.82) is 0 Å². The fraction of sp³-hybridized carbons (Fsp3) is 0.571. The van der Waals surface area contributed by atoms with Gasteiger partial charge in [0.1, 0.15) is 0 Å². The summed E-state index contributed by atoms with van der Waals surface area (Å²) in [5, 5.41) is 0. The molecular formula is C42H65NO10S3Ti. The van der Waals surface area contributed by atoms with Gasteiger partial charge in [0.2, 0.25) is 0 Å². The van der Waals surface area contributed by atoms with Crippen molar-refractivity contribution in [2.75, 3.05) is 5.73 Å². The van der Waals surface area contributed by atoms with Gasteiger partial charge in [0.15, 0.2) is 0 Å². The Bertz CT molecular complexity index is 1840. The molecule has 0 heterocycles. The molecule has 0 radical (unpaired) electrons. The number of hydrogen-bond acceptors (Lipinski definition) is 11. The molecule has 0 atom stereocenters. The second-order valence-electron chi connectivity index (χ2n) is 14.8. The summed E-state index contributed by atoms with van der Waals surface area (Å²) >= 11 is -6.90. The monoisotopic (exact) mass is 887 g/mol. The zero-order chi connectivity index (χ0) is 41.6. The minimum absolute atomic E-state index is 0.224. The normalized spacial score (nSPS) is 12.6. The average molecular weight is 888 g/mol. The Kier molecular flexibility index (Phi) is 22.0. The van der Waals surface area contributed by atoms with Gasteiger partial charge in [-0.2, -0.15) is 0 Å². The summed E-state index contributed by atoms with van der Waals surface area (Å²) in [6.07, 6.45) is 22.6. The van der Waals surface area contributed by atoms with Crippen LogP contribution in [-0.4, -0.2) is 28.9 Å². The van der Waals surface area contributed by atoms with E-state index in [9.17, 15) is 28.9 Å². The van der Waals surface area contributed by atoms with E-state index in [2.05, 4.69) is 13.8 Å². The van der Waals surface area contributed by atoms with E-state index < -0.39 is 53.4 Å². The van der Waals surface area contributed by atoms with Gasteiger partial charge in [-0.15, -0.1) is 0 Å². The standard InChI is InChI=1S/2C18H30O3S.C6H7NO3S.H2O.Ti/c2*1-2-3-4-5-6-7-8-9-10-11-14-17-15-12-13-16-18(17)22(19,20)21;7-5-1-3-6(4-2-5)11(8,9)10;;/h2*12-13,15-16H,2-11,14H2,1H3,(H,19,20,21);1-4H,7H2,(H,8,9,10);1H2;/q;;;;+4/p-4. The van der Waals surface area contributed by atoms with Crippen LogP contribution in [0.15, 0.2) is 87.5 Å². The summed E-state index contributed by atoms with van der Waals surface area (Å²) in [5.74, 6) is 0. The van der Waals surface area contributed by atoms with Gasteiger partial charge < -0.3 is 0 Å². The maximum absolute atomic E-state index is 13.9. The number of unbranched alkanes of at least 4 members (excludes halogenated alkanes) is 18. The average Bonchev–Trinajstić information content (AvgIpc) is 3.16. The van der Waals surface area contributed by atoms with Crippen molar-refractivity contribution >= 4 is 36.0 Å². The number of anilines is 1. The summed E-state index contributed by atoms with van der Waals surface area (Å²) in [6, 6.07) is 16.6. The quantitative estimate of drug-likeness (QED) is 0.0357. The molecule has 3 aromatic rings. The molecule has 320 valence electrons. The van der Waals surface area contributed by atoms with Crippen LogP contribution >= 0.6 is 0 Å². The molecule has 0 aromatic heterocycles. The molecule has 0 saturated heterocycles. The minimum Gasteiger partial charge on any atom is -0.0654 e. The molecule has 0 spiro atoms. The topological polar surface area (TPSA) is 176 Å². The first-order valence-corrected chi connectivity index (χ1v) is 27.7. The minimum atomic E-state index is -6.90. The van der Waals surface area contributed by atoms with Crippen LogP contribution in [0.25, 0.3) is 0 Å². The molecule has 3 N–H and O–H groups in total. The van der Waals surface area contributed by atoms with E-state index in [1.165, 1.54) is 101 Å². The molecule has 0 amide bonds. The van der Waals surface area contributed by atoms with Gasteiger partial charge in [0, 0.05) is 0 Å². The summed E-state index contributed by atoms with van der Waals surface area (Å²) in [5.41, 5.74) is 6.67. The SMILES string of the molecule is CCCCCCCCCCCCc1ccccc1S(=O)(=O)[O][Ti]([OH])([O]S(=O)(=O)c1ccc(N)cc1)[O]S(=O)(=O)c1ccccc1CCCCCCCCCCCC. The van der Waals surface area contributed by atoms with E-state index in [4.69, 9.17) is 14.0 Å². The van der Waals surface area contributed by atoms with Crippen LogP contribution in [0.4, 0.5) is 5.69 Å².